The third-order valence-electron chi connectivity index (χ3n) is 5.84. The largest absolute Gasteiger partial charge is 0.416 e. The Hall–Kier alpha value is -4.65. The summed E-state index contributed by atoms with van der Waals surface area (Å²) in [6.07, 6.45) is 1.65. The molecule has 194 valence electrons. The maximum atomic E-state index is 13.0. The molecule has 0 spiro atoms. The molecule has 0 aliphatic heterocycles. The van der Waals surface area contributed by atoms with Gasteiger partial charge < -0.3 is 14.6 Å². The number of alkyl halides is 3. The van der Waals surface area contributed by atoms with E-state index < -0.39 is 11.7 Å². The highest BCUT2D eigenvalue weighted by molar-refractivity contribution is 5.88. The van der Waals surface area contributed by atoms with Crippen molar-refractivity contribution in [1.82, 2.24) is 34.3 Å². The van der Waals surface area contributed by atoms with Gasteiger partial charge in [-0.2, -0.15) is 18.3 Å². The monoisotopic (exact) mass is 522 g/mol. The van der Waals surface area contributed by atoms with E-state index in [0.717, 1.165) is 12.1 Å². The zero-order valence-corrected chi connectivity index (χ0v) is 20.0. The van der Waals surface area contributed by atoms with Crippen molar-refractivity contribution in [1.29, 1.82) is 0 Å². The summed E-state index contributed by atoms with van der Waals surface area (Å²) < 4.78 is 41.8. The Morgan fingerprint density at radius 1 is 1.00 bits per heavy atom. The molecule has 1 aromatic carbocycles. The summed E-state index contributed by atoms with van der Waals surface area (Å²) in [6, 6.07) is 9.35. The van der Waals surface area contributed by atoms with Gasteiger partial charge in [-0.15, -0.1) is 0 Å². The summed E-state index contributed by atoms with van der Waals surface area (Å²) >= 11 is 0. The standard InChI is InChI=1S/C25H21F3N8O2/c1-34(12-13-37)20-6-8-29-19(32-20)15-35-11-7-16(14-21(35)38)22-23-24(31-10-9-30-23)36(33-22)18-4-2-17(3-5-18)25(26,27)28/h2-11,14,37H,12-13,15H2,1H3. The minimum atomic E-state index is -4.46. The van der Waals surface area contributed by atoms with Gasteiger partial charge in [0, 0.05) is 50.0 Å². The average Bonchev–Trinajstić information content (AvgIpc) is 3.29. The molecule has 4 aromatic heterocycles. The van der Waals surface area contributed by atoms with Gasteiger partial charge in [0.25, 0.3) is 5.56 Å². The molecule has 0 aliphatic rings. The molecule has 0 bridgehead atoms. The van der Waals surface area contributed by atoms with E-state index >= 15 is 0 Å². The van der Waals surface area contributed by atoms with Gasteiger partial charge in [-0.25, -0.2) is 24.6 Å². The van der Waals surface area contributed by atoms with Crippen LogP contribution in [0.15, 0.2) is 72.0 Å². The SMILES string of the molecule is CN(CCO)c1ccnc(Cn2ccc(-c3nn(-c4ccc(C(F)(F)F)cc4)c4nccnc34)cc2=O)n1. The van der Waals surface area contributed by atoms with E-state index in [-0.39, 0.29) is 18.7 Å². The van der Waals surface area contributed by atoms with Crippen LogP contribution in [0.4, 0.5) is 19.0 Å². The Labute approximate surface area is 213 Å². The van der Waals surface area contributed by atoms with Crippen LogP contribution in [0, 0.1) is 0 Å². The topological polar surface area (TPSA) is 115 Å². The second-order valence-corrected chi connectivity index (χ2v) is 8.39. The molecule has 4 heterocycles. The Kier molecular flexibility index (Phi) is 6.59. The molecule has 0 saturated heterocycles. The molecule has 5 rings (SSSR count). The van der Waals surface area contributed by atoms with E-state index in [0.29, 0.717) is 46.3 Å². The third kappa shape index (κ3) is 4.95. The van der Waals surface area contributed by atoms with E-state index in [1.807, 2.05) is 0 Å². The lowest BCUT2D eigenvalue weighted by Gasteiger charge is -2.17. The van der Waals surface area contributed by atoms with Crippen LogP contribution in [-0.2, 0) is 12.7 Å². The zero-order chi connectivity index (χ0) is 26.9. The smallest absolute Gasteiger partial charge is 0.395 e. The molecular weight excluding hydrogens is 501 g/mol. The quantitative estimate of drug-likeness (QED) is 0.347. The van der Waals surface area contributed by atoms with Crippen molar-refractivity contribution in [2.24, 2.45) is 0 Å². The van der Waals surface area contributed by atoms with E-state index in [4.69, 9.17) is 5.11 Å². The van der Waals surface area contributed by atoms with Crippen LogP contribution >= 0.6 is 0 Å². The first-order chi connectivity index (χ1) is 18.2. The molecule has 13 heteroatoms. The fourth-order valence-corrected chi connectivity index (χ4v) is 3.89. The van der Waals surface area contributed by atoms with E-state index in [2.05, 4.69) is 25.0 Å². The highest BCUT2D eigenvalue weighted by atomic mass is 19.4. The predicted molar refractivity (Wildman–Crippen MR) is 133 cm³/mol. The summed E-state index contributed by atoms with van der Waals surface area (Å²) in [4.78, 5) is 32.1. The number of hydrogen-bond acceptors (Lipinski definition) is 8. The Morgan fingerprint density at radius 3 is 2.47 bits per heavy atom. The molecule has 0 amide bonds. The third-order valence-corrected chi connectivity index (χ3v) is 5.84. The van der Waals surface area contributed by atoms with Crippen LogP contribution in [0.5, 0.6) is 0 Å². The van der Waals surface area contributed by atoms with Crippen LogP contribution in [0.1, 0.15) is 11.4 Å². The lowest BCUT2D eigenvalue weighted by Crippen LogP contribution is -2.24. The summed E-state index contributed by atoms with van der Waals surface area (Å²) in [7, 11) is 1.79. The number of pyridine rings is 1. The zero-order valence-electron chi connectivity index (χ0n) is 20.0. The van der Waals surface area contributed by atoms with Gasteiger partial charge in [-0.05, 0) is 36.4 Å². The lowest BCUT2D eigenvalue weighted by atomic mass is 10.2. The average molecular weight is 522 g/mol. The van der Waals surface area contributed by atoms with Crippen molar-refractivity contribution in [3.8, 4) is 16.9 Å². The first-order valence-corrected chi connectivity index (χ1v) is 11.5. The number of halogens is 3. The van der Waals surface area contributed by atoms with Crippen molar-refractivity contribution in [2.75, 3.05) is 25.1 Å². The molecule has 5 aromatic rings. The van der Waals surface area contributed by atoms with Crippen LogP contribution in [0.25, 0.3) is 28.1 Å². The van der Waals surface area contributed by atoms with Crippen molar-refractivity contribution in [3.05, 3.63) is 89.0 Å². The van der Waals surface area contributed by atoms with Crippen LogP contribution in [0.3, 0.4) is 0 Å². The number of fused-ring (bicyclic) bond motifs is 1. The van der Waals surface area contributed by atoms with Crippen LogP contribution in [0.2, 0.25) is 0 Å². The Morgan fingerprint density at radius 2 is 1.76 bits per heavy atom. The van der Waals surface area contributed by atoms with E-state index in [1.54, 1.807) is 36.5 Å². The van der Waals surface area contributed by atoms with Crippen LogP contribution < -0.4 is 10.5 Å². The number of aromatic nitrogens is 7. The van der Waals surface area contributed by atoms with Gasteiger partial charge >= 0.3 is 6.18 Å². The number of aliphatic hydroxyl groups is 1. The molecule has 0 radical (unpaired) electrons. The highest BCUT2D eigenvalue weighted by Gasteiger charge is 2.30. The lowest BCUT2D eigenvalue weighted by molar-refractivity contribution is -0.137. The molecule has 0 unspecified atom stereocenters. The molecule has 0 aliphatic carbocycles. The minimum absolute atomic E-state index is 0.0234. The number of likely N-dealkylation sites (N-methyl/N-ethyl adjacent to an activating group) is 1. The maximum absolute atomic E-state index is 13.0. The first-order valence-electron chi connectivity index (χ1n) is 11.5. The predicted octanol–water partition coefficient (Wildman–Crippen LogP) is 2.93. The van der Waals surface area contributed by atoms with Gasteiger partial charge in [0.05, 0.1) is 24.4 Å². The van der Waals surface area contributed by atoms with Crippen molar-refractivity contribution in [3.63, 3.8) is 0 Å². The highest BCUT2D eigenvalue weighted by Crippen LogP contribution is 2.31. The number of benzene rings is 1. The summed E-state index contributed by atoms with van der Waals surface area (Å²) in [5.41, 5.74) is 0.826. The fraction of sp³-hybridized carbons (Fsp3) is 0.200. The van der Waals surface area contributed by atoms with Gasteiger partial charge in [0.1, 0.15) is 22.9 Å². The summed E-state index contributed by atoms with van der Waals surface area (Å²) in [5.74, 6) is 1.04. The number of hydrogen-bond donors (Lipinski definition) is 1. The van der Waals surface area contributed by atoms with E-state index in [1.165, 1.54) is 39.8 Å². The second kappa shape index (κ2) is 10.0. The summed E-state index contributed by atoms with van der Waals surface area (Å²) in [6.45, 7) is 0.506. The molecule has 0 saturated carbocycles. The number of aliphatic hydroxyl groups excluding tert-OH is 1. The van der Waals surface area contributed by atoms with Gasteiger partial charge in [0.15, 0.2) is 5.65 Å². The van der Waals surface area contributed by atoms with Gasteiger partial charge in [-0.1, -0.05) is 0 Å². The molecule has 0 fully saturated rings. The minimum Gasteiger partial charge on any atom is -0.395 e. The van der Waals surface area contributed by atoms with Gasteiger partial charge in [-0.3, -0.25) is 4.79 Å². The fourth-order valence-electron chi connectivity index (χ4n) is 3.89. The maximum Gasteiger partial charge on any atom is 0.416 e. The van der Waals surface area contributed by atoms with Gasteiger partial charge in [0.2, 0.25) is 0 Å². The molecule has 10 nitrogen and oxygen atoms in total. The number of nitrogens with zero attached hydrogens (tertiary/aromatic N) is 8. The normalized spacial score (nSPS) is 11.7. The molecule has 1 N–H and O–H groups in total. The van der Waals surface area contributed by atoms with E-state index in [9.17, 15) is 18.0 Å². The Balaban J connectivity index is 1.48. The number of rotatable bonds is 7. The molecular formula is C25H21F3N8O2. The number of anilines is 1. The first kappa shape index (κ1) is 25.0. The molecule has 38 heavy (non-hydrogen) atoms. The summed E-state index contributed by atoms with van der Waals surface area (Å²) in [5, 5.41) is 13.7. The van der Waals surface area contributed by atoms with Crippen molar-refractivity contribution >= 4 is 17.0 Å². The second-order valence-electron chi connectivity index (χ2n) is 8.39. The van der Waals surface area contributed by atoms with Crippen LogP contribution in [-0.4, -0.2) is 59.6 Å². The van der Waals surface area contributed by atoms with Crippen molar-refractivity contribution in [2.45, 2.75) is 12.7 Å². The Bertz CT molecular complexity index is 1650. The molecule has 0 atom stereocenters. The van der Waals surface area contributed by atoms with Crippen molar-refractivity contribution < 1.29 is 18.3 Å².